The highest BCUT2D eigenvalue weighted by atomic mass is 35.5. The molecule has 0 saturated carbocycles. The van der Waals surface area contributed by atoms with E-state index in [0.29, 0.717) is 5.56 Å². The van der Waals surface area contributed by atoms with Gasteiger partial charge in [-0.25, -0.2) is 0 Å². The highest BCUT2D eigenvalue weighted by molar-refractivity contribution is 6.33. The summed E-state index contributed by atoms with van der Waals surface area (Å²) < 4.78 is 0. The molecule has 0 fully saturated rings. The molecule has 0 spiro atoms. The zero-order valence-corrected chi connectivity index (χ0v) is 7.11. The van der Waals surface area contributed by atoms with Gasteiger partial charge >= 0.3 is 0 Å². The Morgan fingerprint density at radius 3 is 2.18 bits per heavy atom. The molecule has 0 amide bonds. The molecule has 2 N–H and O–H groups in total. The monoisotopic (exact) mass is 172 g/mol. The smallest absolute Gasteiger partial charge is 0.177 e. The Balaban J connectivity index is 3.46. The Labute approximate surface area is 70.1 Å². The van der Waals surface area contributed by atoms with E-state index in [9.17, 15) is 10.2 Å². The van der Waals surface area contributed by atoms with Crippen molar-refractivity contribution in [3.8, 4) is 11.5 Å². The van der Waals surface area contributed by atoms with Gasteiger partial charge in [0.15, 0.2) is 11.5 Å². The van der Waals surface area contributed by atoms with Crippen LogP contribution in [0.2, 0.25) is 5.02 Å². The number of hydrogen-bond acceptors (Lipinski definition) is 2. The zero-order chi connectivity index (χ0) is 8.59. The molecule has 0 aromatic heterocycles. The summed E-state index contributed by atoms with van der Waals surface area (Å²) in [5.41, 5.74) is 1.39. The lowest BCUT2D eigenvalue weighted by atomic mass is 10.1. The third kappa shape index (κ3) is 1.26. The summed E-state index contributed by atoms with van der Waals surface area (Å²) in [6, 6.07) is 1.72. The molecule has 0 atom stereocenters. The molecule has 1 aromatic rings. The van der Waals surface area contributed by atoms with Crippen LogP contribution in [0.5, 0.6) is 11.5 Å². The van der Waals surface area contributed by atoms with E-state index in [1.165, 1.54) is 0 Å². The van der Waals surface area contributed by atoms with Crippen molar-refractivity contribution in [2.24, 2.45) is 0 Å². The molecule has 1 rings (SSSR count). The number of phenols is 2. The molecule has 0 heterocycles. The average Bonchev–Trinajstić information content (AvgIpc) is 1.97. The van der Waals surface area contributed by atoms with Crippen LogP contribution in [-0.2, 0) is 0 Å². The van der Waals surface area contributed by atoms with Crippen molar-refractivity contribution in [1.82, 2.24) is 0 Å². The third-order valence-corrected chi connectivity index (χ3v) is 2.06. The second-order valence-corrected chi connectivity index (χ2v) is 2.90. The molecule has 2 nitrogen and oxygen atoms in total. The topological polar surface area (TPSA) is 40.5 Å². The van der Waals surface area contributed by atoms with Gasteiger partial charge in [0.05, 0.1) is 5.02 Å². The molecule has 0 radical (unpaired) electrons. The zero-order valence-electron chi connectivity index (χ0n) is 6.35. The summed E-state index contributed by atoms with van der Waals surface area (Å²) in [7, 11) is 0. The molecular weight excluding hydrogens is 164 g/mol. The van der Waals surface area contributed by atoms with Gasteiger partial charge < -0.3 is 10.2 Å². The van der Waals surface area contributed by atoms with Crippen molar-refractivity contribution < 1.29 is 10.2 Å². The summed E-state index contributed by atoms with van der Waals surface area (Å²) in [5.74, 6) is -0.371. The van der Waals surface area contributed by atoms with E-state index >= 15 is 0 Å². The van der Waals surface area contributed by atoms with Crippen LogP contribution >= 0.6 is 11.6 Å². The van der Waals surface area contributed by atoms with Gasteiger partial charge in [-0.05, 0) is 25.0 Å². The van der Waals surface area contributed by atoms with Gasteiger partial charge in [-0.1, -0.05) is 17.7 Å². The number of aromatic hydroxyl groups is 2. The van der Waals surface area contributed by atoms with E-state index < -0.39 is 0 Å². The lowest BCUT2D eigenvalue weighted by Crippen LogP contribution is -1.81. The van der Waals surface area contributed by atoms with Crippen molar-refractivity contribution in [2.75, 3.05) is 0 Å². The van der Waals surface area contributed by atoms with Crippen molar-refractivity contribution in [3.05, 3.63) is 22.2 Å². The summed E-state index contributed by atoms with van der Waals surface area (Å²) in [4.78, 5) is 0. The lowest BCUT2D eigenvalue weighted by Gasteiger charge is -2.05. The molecule has 0 unspecified atom stereocenters. The summed E-state index contributed by atoms with van der Waals surface area (Å²) in [6.45, 7) is 3.48. The largest absolute Gasteiger partial charge is 0.504 e. The van der Waals surface area contributed by atoms with Crippen LogP contribution in [0.1, 0.15) is 11.1 Å². The molecule has 0 aliphatic rings. The van der Waals surface area contributed by atoms with Crippen molar-refractivity contribution in [1.29, 1.82) is 0 Å². The average molecular weight is 173 g/mol. The van der Waals surface area contributed by atoms with E-state index in [2.05, 4.69) is 0 Å². The number of aryl methyl sites for hydroxylation is 2. The van der Waals surface area contributed by atoms with E-state index in [4.69, 9.17) is 11.6 Å². The molecule has 0 saturated heterocycles. The molecule has 0 bridgehead atoms. The van der Waals surface area contributed by atoms with E-state index in [0.717, 1.165) is 5.56 Å². The number of halogens is 1. The quantitative estimate of drug-likeness (QED) is 0.590. The number of phenolic OH excluding ortho intramolecular Hbond substituents is 2. The molecule has 0 aliphatic carbocycles. The van der Waals surface area contributed by atoms with Crippen LogP contribution in [-0.4, -0.2) is 10.2 Å². The first-order chi connectivity index (χ1) is 5.04. The third-order valence-electron chi connectivity index (χ3n) is 1.58. The maximum Gasteiger partial charge on any atom is 0.177 e. The first-order valence-corrected chi connectivity index (χ1v) is 3.59. The lowest BCUT2D eigenvalue weighted by molar-refractivity contribution is 0.401. The van der Waals surface area contributed by atoms with E-state index in [1.54, 1.807) is 19.9 Å². The SMILES string of the molecule is Cc1cc(C)c(Cl)c(O)c1O. The number of rotatable bonds is 0. The minimum atomic E-state index is -0.232. The fourth-order valence-electron chi connectivity index (χ4n) is 0.934. The highest BCUT2D eigenvalue weighted by Crippen LogP contribution is 2.37. The van der Waals surface area contributed by atoms with Gasteiger partial charge in [-0.2, -0.15) is 0 Å². The van der Waals surface area contributed by atoms with Crippen LogP contribution in [0.4, 0.5) is 0 Å². The van der Waals surface area contributed by atoms with Crippen molar-refractivity contribution >= 4 is 11.6 Å². The van der Waals surface area contributed by atoms with Gasteiger partial charge in [0.25, 0.3) is 0 Å². The molecule has 3 heteroatoms. The summed E-state index contributed by atoms with van der Waals surface area (Å²) >= 11 is 5.64. The molecule has 0 aliphatic heterocycles. The second kappa shape index (κ2) is 2.62. The van der Waals surface area contributed by atoms with Crippen LogP contribution in [0.25, 0.3) is 0 Å². The van der Waals surface area contributed by atoms with Gasteiger partial charge in [0.1, 0.15) is 0 Å². The minimum absolute atomic E-state index is 0.138. The first-order valence-electron chi connectivity index (χ1n) is 3.21. The standard InChI is InChI=1S/C8H9ClO2/c1-4-3-5(2)7(10)8(11)6(4)9/h3,10-11H,1-2H3. The minimum Gasteiger partial charge on any atom is -0.504 e. The number of hydrogen-bond donors (Lipinski definition) is 2. The van der Waals surface area contributed by atoms with Crippen LogP contribution in [0, 0.1) is 13.8 Å². The first kappa shape index (κ1) is 8.21. The van der Waals surface area contributed by atoms with Gasteiger partial charge in [-0.3, -0.25) is 0 Å². The fourth-order valence-corrected chi connectivity index (χ4v) is 1.08. The predicted octanol–water partition coefficient (Wildman–Crippen LogP) is 2.37. The predicted molar refractivity (Wildman–Crippen MR) is 44.3 cm³/mol. The summed E-state index contributed by atoms with van der Waals surface area (Å²) in [5, 5.41) is 18.6. The maximum absolute atomic E-state index is 9.19. The Bertz CT molecular complexity index is 268. The number of benzene rings is 1. The Kier molecular flexibility index (Phi) is 1.96. The van der Waals surface area contributed by atoms with Gasteiger partial charge in [0.2, 0.25) is 0 Å². The van der Waals surface area contributed by atoms with E-state index in [1.807, 2.05) is 0 Å². The normalized spacial score (nSPS) is 10.1. The van der Waals surface area contributed by atoms with Crippen LogP contribution in [0.15, 0.2) is 6.07 Å². The summed E-state index contributed by atoms with van der Waals surface area (Å²) in [6.07, 6.45) is 0. The van der Waals surface area contributed by atoms with Crippen LogP contribution in [0.3, 0.4) is 0 Å². The maximum atomic E-state index is 9.19. The second-order valence-electron chi connectivity index (χ2n) is 2.52. The van der Waals surface area contributed by atoms with Gasteiger partial charge in [0, 0.05) is 0 Å². The van der Waals surface area contributed by atoms with Crippen molar-refractivity contribution in [2.45, 2.75) is 13.8 Å². The van der Waals surface area contributed by atoms with E-state index in [-0.39, 0.29) is 16.5 Å². The Hall–Kier alpha value is -0.890. The molecule has 1 aromatic carbocycles. The van der Waals surface area contributed by atoms with Gasteiger partial charge in [-0.15, -0.1) is 0 Å². The Morgan fingerprint density at radius 2 is 1.64 bits per heavy atom. The van der Waals surface area contributed by atoms with Crippen LogP contribution < -0.4 is 0 Å². The fraction of sp³-hybridized carbons (Fsp3) is 0.250. The molecule has 60 valence electrons. The molecular formula is C8H9ClO2. The van der Waals surface area contributed by atoms with Crippen molar-refractivity contribution in [3.63, 3.8) is 0 Å². The molecule has 11 heavy (non-hydrogen) atoms. The highest BCUT2D eigenvalue weighted by Gasteiger charge is 2.09. The Morgan fingerprint density at radius 1 is 1.09 bits per heavy atom.